The van der Waals surface area contributed by atoms with Crippen LogP contribution in [0, 0.1) is 0 Å². The number of carbonyl (C=O) groups is 1. The summed E-state index contributed by atoms with van der Waals surface area (Å²) in [5.74, 6) is -0.118. The van der Waals surface area contributed by atoms with Gasteiger partial charge in [0.25, 0.3) is 5.91 Å². The number of H-pyrrole nitrogens is 1. The van der Waals surface area contributed by atoms with Gasteiger partial charge in [0.15, 0.2) is 0 Å². The molecule has 1 aromatic heterocycles. The van der Waals surface area contributed by atoms with Crippen LogP contribution in [0.4, 0.5) is 0 Å². The lowest BCUT2D eigenvalue weighted by Crippen LogP contribution is -2.51. The molecule has 8 heteroatoms. The van der Waals surface area contributed by atoms with E-state index in [1.54, 1.807) is 4.90 Å². The molecule has 22 heavy (non-hydrogen) atoms. The second kappa shape index (κ2) is 6.02. The lowest BCUT2D eigenvalue weighted by atomic mass is 10.3. The topological polar surface area (TPSA) is 85.5 Å². The number of nitrogens with one attached hydrogen (secondary N) is 2. The zero-order chi connectivity index (χ0) is 15.7. The Hall–Kier alpha value is -1.38. The molecule has 3 heterocycles. The number of sulfonamides is 1. The van der Waals surface area contributed by atoms with Crippen LogP contribution in [0.15, 0.2) is 17.2 Å². The predicted octanol–water partition coefficient (Wildman–Crippen LogP) is 0.233. The first-order valence-corrected chi connectivity index (χ1v) is 9.14. The number of aromatic nitrogens is 1. The number of likely N-dealkylation sites (tertiary alicyclic amines) is 1. The Bertz CT molecular complexity index is 649. The monoisotopic (exact) mass is 326 g/mol. The minimum absolute atomic E-state index is 0.118. The minimum atomic E-state index is -3.54. The van der Waals surface area contributed by atoms with Gasteiger partial charge in [-0.2, -0.15) is 4.31 Å². The van der Waals surface area contributed by atoms with Crippen LogP contribution in [0.3, 0.4) is 0 Å². The summed E-state index contributed by atoms with van der Waals surface area (Å²) in [6.45, 7) is 4.99. The maximum atomic E-state index is 12.6. The van der Waals surface area contributed by atoms with Crippen LogP contribution >= 0.6 is 0 Å². The highest BCUT2D eigenvalue weighted by atomic mass is 32.2. The number of nitrogens with zero attached hydrogens (tertiary/aromatic N) is 2. The van der Waals surface area contributed by atoms with Gasteiger partial charge in [0, 0.05) is 45.0 Å². The van der Waals surface area contributed by atoms with Crippen molar-refractivity contribution in [2.75, 3.05) is 32.7 Å². The third-order valence-corrected chi connectivity index (χ3v) is 6.09. The Morgan fingerprint density at radius 2 is 2.00 bits per heavy atom. The Morgan fingerprint density at radius 3 is 2.68 bits per heavy atom. The number of amides is 1. The Kier molecular flexibility index (Phi) is 4.24. The number of rotatable bonds is 3. The van der Waals surface area contributed by atoms with Gasteiger partial charge in [-0.25, -0.2) is 8.42 Å². The smallest absolute Gasteiger partial charge is 0.270 e. The normalized spacial score (nSPS) is 23.9. The highest BCUT2D eigenvalue weighted by Gasteiger charge is 2.30. The lowest BCUT2D eigenvalue weighted by molar-refractivity contribution is 0.0787. The second-order valence-electron chi connectivity index (χ2n) is 5.97. The molecule has 0 spiro atoms. The van der Waals surface area contributed by atoms with Gasteiger partial charge in [-0.05, 0) is 25.8 Å². The molecule has 0 aliphatic carbocycles. The predicted molar refractivity (Wildman–Crippen MR) is 82.2 cm³/mol. The molecule has 2 fully saturated rings. The van der Waals surface area contributed by atoms with Crippen LogP contribution in [-0.2, 0) is 10.0 Å². The van der Waals surface area contributed by atoms with Crippen molar-refractivity contribution in [1.82, 2.24) is 19.5 Å². The van der Waals surface area contributed by atoms with Crippen molar-refractivity contribution in [2.24, 2.45) is 0 Å². The number of hydrogen-bond acceptors (Lipinski definition) is 4. The van der Waals surface area contributed by atoms with Crippen molar-refractivity contribution in [3.05, 3.63) is 18.0 Å². The van der Waals surface area contributed by atoms with Gasteiger partial charge in [0.05, 0.1) is 0 Å². The van der Waals surface area contributed by atoms with E-state index in [1.807, 2.05) is 6.92 Å². The third-order valence-electron chi connectivity index (χ3n) is 4.25. The summed E-state index contributed by atoms with van der Waals surface area (Å²) in [4.78, 5) is 17.0. The van der Waals surface area contributed by atoms with Crippen molar-refractivity contribution in [1.29, 1.82) is 0 Å². The molecule has 7 nitrogen and oxygen atoms in total. The number of piperazine rings is 1. The largest absolute Gasteiger partial charge is 0.356 e. The highest BCUT2D eigenvalue weighted by molar-refractivity contribution is 7.89. The molecular weight excluding hydrogens is 304 g/mol. The molecule has 122 valence electrons. The van der Waals surface area contributed by atoms with Crippen LogP contribution in [0.5, 0.6) is 0 Å². The van der Waals surface area contributed by atoms with E-state index in [0.717, 1.165) is 25.9 Å². The van der Waals surface area contributed by atoms with Gasteiger partial charge in [0.2, 0.25) is 10.0 Å². The minimum Gasteiger partial charge on any atom is -0.356 e. The average molecular weight is 326 g/mol. The summed E-state index contributed by atoms with van der Waals surface area (Å²) in [5.41, 5.74) is 0.351. The number of hydrogen-bond donors (Lipinski definition) is 2. The molecule has 1 unspecified atom stereocenters. The third kappa shape index (κ3) is 2.90. The van der Waals surface area contributed by atoms with Gasteiger partial charge in [0.1, 0.15) is 10.6 Å². The van der Waals surface area contributed by atoms with Crippen molar-refractivity contribution in [3.63, 3.8) is 0 Å². The fourth-order valence-corrected chi connectivity index (χ4v) is 4.53. The van der Waals surface area contributed by atoms with Crippen molar-refractivity contribution in [2.45, 2.75) is 30.7 Å². The number of carbonyl (C=O) groups excluding carboxylic acids is 1. The molecule has 0 bridgehead atoms. The van der Waals surface area contributed by atoms with E-state index in [-0.39, 0.29) is 16.8 Å². The van der Waals surface area contributed by atoms with Gasteiger partial charge < -0.3 is 15.2 Å². The van der Waals surface area contributed by atoms with Crippen LogP contribution in [0.2, 0.25) is 0 Å². The van der Waals surface area contributed by atoms with Gasteiger partial charge in [-0.1, -0.05) is 0 Å². The molecule has 2 aliphatic rings. The quantitative estimate of drug-likeness (QED) is 0.833. The molecule has 2 aliphatic heterocycles. The van der Waals surface area contributed by atoms with Crippen LogP contribution < -0.4 is 5.32 Å². The molecule has 2 N–H and O–H groups in total. The zero-order valence-electron chi connectivity index (χ0n) is 12.7. The summed E-state index contributed by atoms with van der Waals surface area (Å²) in [5, 5.41) is 3.22. The van der Waals surface area contributed by atoms with E-state index in [0.29, 0.717) is 25.3 Å². The SMILES string of the molecule is CC1CN(S(=O)(=O)c2c[nH]c(C(=O)N3CCCC3)c2)CCN1. The maximum Gasteiger partial charge on any atom is 0.270 e. The zero-order valence-corrected chi connectivity index (χ0v) is 13.5. The van der Waals surface area contributed by atoms with E-state index < -0.39 is 10.0 Å². The Labute approximate surface area is 130 Å². The van der Waals surface area contributed by atoms with E-state index in [2.05, 4.69) is 10.3 Å². The molecule has 1 amide bonds. The fraction of sp³-hybridized carbons (Fsp3) is 0.643. The van der Waals surface area contributed by atoms with Crippen LogP contribution in [0.25, 0.3) is 0 Å². The van der Waals surface area contributed by atoms with E-state index in [4.69, 9.17) is 0 Å². The van der Waals surface area contributed by atoms with Gasteiger partial charge >= 0.3 is 0 Å². The molecule has 2 saturated heterocycles. The van der Waals surface area contributed by atoms with Crippen molar-refractivity contribution < 1.29 is 13.2 Å². The first-order valence-electron chi connectivity index (χ1n) is 7.70. The first kappa shape index (κ1) is 15.5. The Balaban J connectivity index is 1.78. The highest BCUT2D eigenvalue weighted by Crippen LogP contribution is 2.20. The van der Waals surface area contributed by atoms with E-state index in [1.165, 1.54) is 16.6 Å². The lowest BCUT2D eigenvalue weighted by Gasteiger charge is -2.30. The summed E-state index contributed by atoms with van der Waals surface area (Å²) >= 11 is 0. The number of aromatic amines is 1. The van der Waals surface area contributed by atoms with Crippen molar-refractivity contribution >= 4 is 15.9 Å². The molecule has 1 atom stereocenters. The molecule has 1 aromatic rings. The maximum absolute atomic E-state index is 12.6. The molecule has 0 aromatic carbocycles. The standard InChI is InChI=1S/C14H22N4O3S/c1-11-10-18(7-4-15-11)22(20,21)12-8-13(16-9-12)14(19)17-5-2-3-6-17/h8-9,11,15-16H,2-7,10H2,1H3. The average Bonchev–Trinajstić information content (AvgIpc) is 3.18. The fourth-order valence-electron chi connectivity index (χ4n) is 3.00. The summed E-state index contributed by atoms with van der Waals surface area (Å²) < 4.78 is 26.8. The molecular formula is C14H22N4O3S. The second-order valence-corrected chi connectivity index (χ2v) is 7.90. The first-order chi connectivity index (χ1) is 10.5. The summed E-state index contributed by atoms with van der Waals surface area (Å²) in [6, 6.07) is 1.59. The van der Waals surface area contributed by atoms with Crippen molar-refractivity contribution in [3.8, 4) is 0 Å². The molecule has 3 rings (SSSR count). The molecule has 0 saturated carbocycles. The van der Waals surface area contributed by atoms with E-state index in [9.17, 15) is 13.2 Å². The summed E-state index contributed by atoms with van der Waals surface area (Å²) in [6.07, 6.45) is 3.44. The molecule has 0 radical (unpaired) electrons. The Morgan fingerprint density at radius 1 is 1.27 bits per heavy atom. The summed E-state index contributed by atoms with van der Waals surface area (Å²) in [7, 11) is -3.54. The van der Waals surface area contributed by atoms with E-state index >= 15 is 0 Å². The van der Waals surface area contributed by atoms with Crippen LogP contribution in [-0.4, -0.2) is 67.3 Å². The van der Waals surface area contributed by atoms with Gasteiger partial charge in [-0.3, -0.25) is 4.79 Å². The van der Waals surface area contributed by atoms with Crippen LogP contribution in [0.1, 0.15) is 30.3 Å². The van der Waals surface area contributed by atoms with Gasteiger partial charge in [-0.15, -0.1) is 0 Å².